The van der Waals surface area contributed by atoms with Crippen LogP contribution < -0.4 is 5.56 Å². The summed E-state index contributed by atoms with van der Waals surface area (Å²) < 4.78 is 0. The molecule has 1 N–H and O–H groups in total. The molecule has 3 heteroatoms. The van der Waals surface area contributed by atoms with Crippen LogP contribution in [0.15, 0.2) is 29.1 Å². The highest BCUT2D eigenvalue weighted by atomic mass is 16.1. The molecule has 2 rings (SSSR count). The van der Waals surface area contributed by atoms with Crippen LogP contribution in [0.5, 0.6) is 0 Å². The number of hydrogen-bond donors (Lipinski definition) is 1. The summed E-state index contributed by atoms with van der Waals surface area (Å²) >= 11 is 0. The molecular weight excluding hydrogens is 200 g/mol. The highest BCUT2D eigenvalue weighted by Gasteiger charge is 2.09. The van der Waals surface area contributed by atoms with E-state index in [1.54, 1.807) is 6.07 Å². The maximum atomic E-state index is 11.8. The first-order chi connectivity index (χ1) is 7.72. The molecule has 1 aromatic carbocycles. The summed E-state index contributed by atoms with van der Waals surface area (Å²) in [5.74, 6) is 1.10. The van der Waals surface area contributed by atoms with Gasteiger partial charge in [-0.15, -0.1) is 0 Å². The lowest BCUT2D eigenvalue weighted by atomic mass is 10.1. The molecule has 0 aliphatic carbocycles. The van der Waals surface area contributed by atoms with Crippen LogP contribution in [0.1, 0.15) is 38.4 Å². The van der Waals surface area contributed by atoms with Crippen molar-refractivity contribution in [1.29, 1.82) is 0 Å². The summed E-state index contributed by atoms with van der Waals surface area (Å²) in [7, 11) is 0. The van der Waals surface area contributed by atoms with Gasteiger partial charge in [0.15, 0.2) is 0 Å². The van der Waals surface area contributed by atoms with Crippen molar-refractivity contribution in [3.05, 3.63) is 40.4 Å². The summed E-state index contributed by atoms with van der Waals surface area (Å²) in [4.78, 5) is 19.2. The second-order valence-electron chi connectivity index (χ2n) is 4.16. The zero-order chi connectivity index (χ0) is 11.5. The number of para-hydroxylation sites is 1. The topological polar surface area (TPSA) is 45.8 Å². The number of aromatic amines is 1. The van der Waals surface area contributed by atoms with Gasteiger partial charge in [0.1, 0.15) is 5.82 Å². The molecule has 1 aromatic heterocycles. The van der Waals surface area contributed by atoms with E-state index in [4.69, 9.17) is 0 Å². The predicted octanol–water partition coefficient (Wildman–Crippen LogP) is 2.83. The fraction of sp³-hybridized carbons (Fsp3) is 0.385. The molecule has 16 heavy (non-hydrogen) atoms. The lowest BCUT2D eigenvalue weighted by Gasteiger charge is -2.09. The number of benzene rings is 1. The average molecular weight is 216 g/mol. The van der Waals surface area contributed by atoms with Gasteiger partial charge >= 0.3 is 0 Å². The maximum absolute atomic E-state index is 11.8. The minimum absolute atomic E-state index is 0.0384. The zero-order valence-corrected chi connectivity index (χ0v) is 9.66. The Kier molecular flexibility index (Phi) is 3.04. The summed E-state index contributed by atoms with van der Waals surface area (Å²) in [6, 6.07) is 7.44. The van der Waals surface area contributed by atoms with Crippen molar-refractivity contribution in [2.45, 2.75) is 32.6 Å². The van der Waals surface area contributed by atoms with Gasteiger partial charge in [-0.25, -0.2) is 4.98 Å². The number of nitrogens with one attached hydrogen (secondary N) is 1. The summed E-state index contributed by atoms with van der Waals surface area (Å²) in [6.45, 7) is 4.23. The second kappa shape index (κ2) is 4.47. The third kappa shape index (κ3) is 1.98. The zero-order valence-electron chi connectivity index (χ0n) is 9.66. The SMILES string of the molecule is CCCC(C)c1nc2ccccc2c(=O)[nH]1. The molecule has 0 fully saturated rings. The van der Waals surface area contributed by atoms with Crippen LogP contribution in [0.25, 0.3) is 10.9 Å². The first-order valence-corrected chi connectivity index (χ1v) is 5.71. The molecule has 0 saturated carbocycles. The third-order valence-corrected chi connectivity index (χ3v) is 2.82. The lowest BCUT2D eigenvalue weighted by molar-refractivity contribution is 0.627. The van der Waals surface area contributed by atoms with Crippen LogP contribution in [0, 0.1) is 0 Å². The third-order valence-electron chi connectivity index (χ3n) is 2.82. The van der Waals surface area contributed by atoms with E-state index in [1.165, 1.54) is 0 Å². The standard InChI is InChI=1S/C13H16N2O/c1-3-6-9(2)12-14-11-8-5-4-7-10(11)13(16)15-12/h4-5,7-9H,3,6H2,1-2H3,(H,14,15,16). The predicted molar refractivity (Wildman–Crippen MR) is 65.7 cm³/mol. The van der Waals surface area contributed by atoms with Gasteiger partial charge < -0.3 is 4.98 Å². The average Bonchev–Trinajstić information content (AvgIpc) is 2.29. The maximum Gasteiger partial charge on any atom is 0.258 e. The van der Waals surface area contributed by atoms with E-state index in [-0.39, 0.29) is 5.56 Å². The van der Waals surface area contributed by atoms with Crippen LogP contribution in [0.4, 0.5) is 0 Å². The molecule has 3 nitrogen and oxygen atoms in total. The minimum atomic E-state index is -0.0384. The van der Waals surface area contributed by atoms with Gasteiger partial charge in [-0.1, -0.05) is 32.4 Å². The molecule has 2 aromatic rings. The Hall–Kier alpha value is -1.64. The first kappa shape index (κ1) is 10.9. The Morgan fingerprint density at radius 2 is 2.12 bits per heavy atom. The Balaban J connectivity index is 2.54. The Morgan fingerprint density at radius 1 is 1.38 bits per heavy atom. The quantitative estimate of drug-likeness (QED) is 0.857. The van der Waals surface area contributed by atoms with Gasteiger partial charge in [-0.05, 0) is 18.6 Å². The van der Waals surface area contributed by atoms with Crippen LogP contribution in [0.2, 0.25) is 0 Å². The monoisotopic (exact) mass is 216 g/mol. The van der Waals surface area contributed by atoms with Gasteiger partial charge in [-0.2, -0.15) is 0 Å². The molecule has 84 valence electrons. The van der Waals surface area contributed by atoms with Crippen molar-refractivity contribution in [1.82, 2.24) is 9.97 Å². The summed E-state index contributed by atoms with van der Waals surface area (Å²) in [6.07, 6.45) is 2.14. The molecule has 0 spiro atoms. The first-order valence-electron chi connectivity index (χ1n) is 5.71. The number of aromatic nitrogens is 2. The van der Waals surface area contributed by atoms with Gasteiger partial charge in [0.25, 0.3) is 5.56 Å². The van der Waals surface area contributed by atoms with Gasteiger partial charge in [0.2, 0.25) is 0 Å². The molecular formula is C13H16N2O. The molecule has 1 heterocycles. The molecule has 0 bridgehead atoms. The van der Waals surface area contributed by atoms with E-state index in [9.17, 15) is 4.79 Å². The summed E-state index contributed by atoms with van der Waals surface area (Å²) in [5, 5.41) is 0.662. The fourth-order valence-corrected chi connectivity index (χ4v) is 1.91. The molecule has 0 aliphatic heterocycles. The number of hydrogen-bond acceptors (Lipinski definition) is 2. The van der Waals surface area contributed by atoms with Crippen LogP contribution in [0.3, 0.4) is 0 Å². The van der Waals surface area contributed by atoms with E-state index in [0.29, 0.717) is 11.3 Å². The van der Waals surface area contributed by atoms with E-state index < -0.39 is 0 Å². The van der Waals surface area contributed by atoms with Gasteiger partial charge in [-0.3, -0.25) is 4.79 Å². The molecule has 0 radical (unpaired) electrons. The van der Waals surface area contributed by atoms with Crippen molar-refractivity contribution in [2.75, 3.05) is 0 Å². The second-order valence-corrected chi connectivity index (χ2v) is 4.16. The van der Waals surface area contributed by atoms with E-state index >= 15 is 0 Å². The minimum Gasteiger partial charge on any atom is -0.310 e. The fourth-order valence-electron chi connectivity index (χ4n) is 1.91. The van der Waals surface area contributed by atoms with Gasteiger partial charge in [0, 0.05) is 5.92 Å². The number of H-pyrrole nitrogens is 1. The molecule has 1 unspecified atom stereocenters. The normalized spacial score (nSPS) is 12.9. The van der Waals surface area contributed by atoms with Crippen molar-refractivity contribution in [3.63, 3.8) is 0 Å². The molecule has 0 aliphatic rings. The molecule has 0 amide bonds. The van der Waals surface area contributed by atoms with Crippen molar-refractivity contribution < 1.29 is 0 Å². The highest BCUT2D eigenvalue weighted by Crippen LogP contribution is 2.17. The highest BCUT2D eigenvalue weighted by molar-refractivity contribution is 5.77. The van der Waals surface area contributed by atoms with Crippen molar-refractivity contribution >= 4 is 10.9 Å². The van der Waals surface area contributed by atoms with Gasteiger partial charge in [0.05, 0.1) is 10.9 Å². The van der Waals surface area contributed by atoms with Crippen molar-refractivity contribution in [2.24, 2.45) is 0 Å². The number of nitrogens with zero attached hydrogens (tertiary/aromatic N) is 1. The number of fused-ring (bicyclic) bond motifs is 1. The molecule has 0 saturated heterocycles. The van der Waals surface area contributed by atoms with E-state index in [2.05, 4.69) is 23.8 Å². The van der Waals surface area contributed by atoms with E-state index in [1.807, 2.05) is 18.2 Å². The van der Waals surface area contributed by atoms with Crippen molar-refractivity contribution in [3.8, 4) is 0 Å². The smallest absolute Gasteiger partial charge is 0.258 e. The lowest BCUT2D eigenvalue weighted by Crippen LogP contribution is -2.13. The molecule has 1 atom stereocenters. The van der Waals surface area contributed by atoms with Crippen LogP contribution in [-0.4, -0.2) is 9.97 Å². The number of rotatable bonds is 3. The summed E-state index contributed by atoms with van der Waals surface area (Å²) in [5.41, 5.74) is 0.743. The van der Waals surface area contributed by atoms with E-state index in [0.717, 1.165) is 24.2 Å². The van der Waals surface area contributed by atoms with Crippen LogP contribution in [-0.2, 0) is 0 Å². The Labute approximate surface area is 94.5 Å². The largest absolute Gasteiger partial charge is 0.310 e. The Bertz CT molecular complexity index is 545. The van der Waals surface area contributed by atoms with Crippen LogP contribution >= 0.6 is 0 Å². The Morgan fingerprint density at radius 3 is 2.88 bits per heavy atom.